The summed E-state index contributed by atoms with van der Waals surface area (Å²) in [6, 6.07) is 0. The zero-order valence-electron chi connectivity index (χ0n) is 11.3. The number of hydrogen-bond donors (Lipinski definition) is 1. The van der Waals surface area contributed by atoms with Gasteiger partial charge in [0.05, 0.1) is 0 Å². The molecule has 1 N–H and O–H groups in total. The van der Waals surface area contributed by atoms with E-state index in [0.29, 0.717) is 13.0 Å². The minimum atomic E-state index is -1.04. The quantitative estimate of drug-likeness (QED) is 0.748. The molecule has 0 spiro atoms. The van der Waals surface area contributed by atoms with E-state index in [0.717, 1.165) is 37.0 Å². The summed E-state index contributed by atoms with van der Waals surface area (Å²) in [5, 5.41) is 13.3. The molecule has 4 aliphatic rings. The molecule has 106 valence electrons. The summed E-state index contributed by atoms with van der Waals surface area (Å²) < 4.78 is 0. The molecule has 0 atom stereocenters. The van der Waals surface area contributed by atoms with E-state index < -0.39 is 5.97 Å². The number of carbonyl (C=O) groups is 2. The molecule has 0 aromatic heterocycles. The van der Waals surface area contributed by atoms with Gasteiger partial charge in [-0.05, 0) is 69.1 Å². The van der Waals surface area contributed by atoms with Gasteiger partial charge in [0, 0.05) is 17.9 Å². The van der Waals surface area contributed by atoms with Crippen LogP contribution in [-0.2, 0) is 9.59 Å². The van der Waals surface area contributed by atoms with Crippen LogP contribution in [0.25, 0.3) is 0 Å². The molecular formula is C15H22NO3-. The van der Waals surface area contributed by atoms with E-state index in [1.54, 1.807) is 0 Å². The molecule has 4 rings (SSSR count). The van der Waals surface area contributed by atoms with Crippen molar-refractivity contribution in [3.05, 3.63) is 0 Å². The van der Waals surface area contributed by atoms with E-state index >= 15 is 0 Å². The van der Waals surface area contributed by atoms with Gasteiger partial charge in [-0.15, -0.1) is 0 Å². The van der Waals surface area contributed by atoms with Crippen molar-refractivity contribution in [3.63, 3.8) is 0 Å². The second kappa shape index (κ2) is 4.80. The van der Waals surface area contributed by atoms with Crippen LogP contribution in [0.15, 0.2) is 0 Å². The van der Waals surface area contributed by atoms with Crippen molar-refractivity contribution in [3.8, 4) is 0 Å². The van der Waals surface area contributed by atoms with E-state index in [4.69, 9.17) is 0 Å². The van der Waals surface area contributed by atoms with Crippen LogP contribution in [0, 0.1) is 23.2 Å². The van der Waals surface area contributed by atoms with Gasteiger partial charge in [-0.1, -0.05) is 0 Å². The average Bonchev–Trinajstić information content (AvgIpc) is 2.32. The minimum absolute atomic E-state index is 0.0289. The molecule has 4 fully saturated rings. The topological polar surface area (TPSA) is 69.2 Å². The maximum Gasteiger partial charge on any atom is 0.226 e. The molecule has 4 nitrogen and oxygen atoms in total. The van der Waals surface area contributed by atoms with Gasteiger partial charge in [0.1, 0.15) is 0 Å². The van der Waals surface area contributed by atoms with Crippen LogP contribution in [0.5, 0.6) is 0 Å². The lowest BCUT2D eigenvalue weighted by atomic mass is 9.49. The third-order valence-corrected chi connectivity index (χ3v) is 5.36. The second-order valence-corrected chi connectivity index (χ2v) is 6.93. The number of rotatable bonds is 5. The van der Waals surface area contributed by atoms with E-state index in [-0.39, 0.29) is 17.7 Å². The maximum atomic E-state index is 12.5. The fourth-order valence-electron chi connectivity index (χ4n) is 5.01. The molecule has 0 aromatic carbocycles. The molecule has 0 radical (unpaired) electrons. The predicted octanol–water partition coefficient (Wildman–Crippen LogP) is 0.849. The lowest BCUT2D eigenvalue weighted by molar-refractivity contribution is -0.305. The Balaban J connectivity index is 1.56. The van der Waals surface area contributed by atoms with Gasteiger partial charge >= 0.3 is 0 Å². The predicted molar refractivity (Wildman–Crippen MR) is 67.9 cm³/mol. The number of carboxylic acids is 1. The first-order valence-corrected chi connectivity index (χ1v) is 7.55. The molecule has 19 heavy (non-hydrogen) atoms. The van der Waals surface area contributed by atoms with E-state index in [2.05, 4.69) is 5.32 Å². The summed E-state index contributed by atoms with van der Waals surface area (Å²) in [4.78, 5) is 22.8. The number of aliphatic carboxylic acids is 1. The van der Waals surface area contributed by atoms with Crippen molar-refractivity contribution in [2.24, 2.45) is 23.2 Å². The molecule has 1 amide bonds. The smallest absolute Gasteiger partial charge is 0.226 e. The lowest BCUT2D eigenvalue weighted by Gasteiger charge is -2.55. The molecule has 0 aromatic rings. The van der Waals surface area contributed by atoms with Gasteiger partial charge in [-0.25, -0.2) is 0 Å². The first kappa shape index (κ1) is 12.9. The second-order valence-electron chi connectivity index (χ2n) is 6.93. The molecule has 4 aliphatic carbocycles. The highest BCUT2D eigenvalue weighted by Gasteiger charge is 2.54. The van der Waals surface area contributed by atoms with Crippen molar-refractivity contribution in [1.29, 1.82) is 0 Å². The highest BCUT2D eigenvalue weighted by atomic mass is 16.4. The monoisotopic (exact) mass is 264 g/mol. The van der Waals surface area contributed by atoms with Crippen molar-refractivity contribution in [1.82, 2.24) is 5.32 Å². The molecule has 4 heteroatoms. The number of carboxylic acid groups (broad SMARTS) is 1. The van der Waals surface area contributed by atoms with Crippen LogP contribution in [0.1, 0.15) is 51.4 Å². The lowest BCUT2D eigenvalue weighted by Crippen LogP contribution is -2.53. The van der Waals surface area contributed by atoms with Gasteiger partial charge in [0.25, 0.3) is 0 Å². The third kappa shape index (κ3) is 2.49. The number of amides is 1. The fraction of sp³-hybridized carbons (Fsp3) is 0.867. The van der Waals surface area contributed by atoms with Crippen molar-refractivity contribution < 1.29 is 14.7 Å². The molecule has 0 heterocycles. The van der Waals surface area contributed by atoms with Gasteiger partial charge < -0.3 is 15.2 Å². The summed E-state index contributed by atoms with van der Waals surface area (Å²) in [6.07, 6.45) is 7.68. The Morgan fingerprint density at radius 3 is 2.05 bits per heavy atom. The summed E-state index contributed by atoms with van der Waals surface area (Å²) in [5.41, 5.74) is -0.115. The third-order valence-electron chi connectivity index (χ3n) is 5.36. The number of carbonyl (C=O) groups excluding carboxylic acids is 2. The number of nitrogens with one attached hydrogen (secondary N) is 1. The Kier molecular flexibility index (Phi) is 3.27. The SMILES string of the molecule is O=C([O-])CCCNC(=O)C12CC3CC(CC(C3)C1)C2. The largest absolute Gasteiger partial charge is 0.550 e. The van der Waals surface area contributed by atoms with Crippen LogP contribution in [0.4, 0.5) is 0 Å². The fourth-order valence-corrected chi connectivity index (χ4v) is 5.01. The maximum absolute atomic E-state index is 12.5. The highest BCUT2D eigenvalue weighted by Crippen LogP contribution is 2.60. The Labute approximate surface area is 113 Å². The van der Waals surface area contributed by atoms with Crippen LogP contribution in [0.2, 0.25) is 0 Å². The number of hydrogen-bond acceptors (Lipinski definition) is 3. The van der Waals surface area contributed by atoms with Gasteiger partial charge in [0.2, 0.25) is 5.91 Å². The zero-order chi connectivity index (χ0) is 13.5. The molecule has 0 unspecified atom stereocenters. The normalized spacial score (nSPS) is 39.3. The van der Waals surface area contributed by atoms with E-state index in [9.17, 15) is 14.7 Å². The van der Waals surface area contributed by atoms with E-state index in [1.165, 1.54) is 19.3 Å². The van der Waals surface area contributed by atoms with Crippen molar-refractivity contribution in [2.45, 2.75) is 51.4 Å². The van der Waals surface area contributed by atoms with Crippen LogP contribution in [0.3, 0.4) is 0 Å². The first-order chi connectivity index (χ1) is 9.07. The molecule has 0 saturated heterocycles. The van der Waals surface area contributed by atoms with Gasteiger partial charge in [0.15, 0.2) is 0 Å². The molecule has 0 aliphatic heterocycles. The Hall–Kier alpha value is -1.06. The molecule has 4 bridgehead atoms. The summed E-state index contributed by atoms with van der Waals surface area (Å²) >= 11 is 0. The van der Waals surface area contributed by atoms with Gasteiger partial charge in [-0.3, -0.25) is 4.79 Å². The first-order valence-electron chi connectivity index (χ1n) is 7.55. The standard InChI is InChI=1S/C15H23NO3/c17-13(18)2-1-3-16-14(19)15-7-10-4-11(8-15)6-12(5-10)9-15/h10-12H,1-9H2,(H,16,19)(H,17,18)/p-1. The van der Waals surface area contributed by atoms with Crippen molar-refractivity contribution in [2.75, 3.05) is 6.54 Å². The average molecular weight is 264 g/mol. The Morgan fingerprint density at radius 1 is 1.05 bits per heavy atom. The Bertz CT molecular complexity index is 356. The minimum Gasteiger partial charge on any atom is -0.550 e. The summed E-state index contributed by atoms with van der Waals surface area (Å²) in [6.45, 7) is 0.467. The zero-order valence-corrected chi connectivity index (χ0v) is 11.3. The summed E-state index contributed by atoms with van der Waals surface area (Å²) in [7, 11) is 0. The van der Waals surface area contributed by atoms with E-state index in [1.807, 2.05) is 0 Å². The van der Waals surface area contributed by atoms with Crippen molar-refractivity contribution >= 4 is 11.9 Å². The van der Waals surface area contributed by atoms with Crippen LogP contribution < -0.4 is 10.4 Å². The summed E-state index contributed by atoms with van der Waals surface area (Å²) in [5.74, 6) is 1.44. The van der Waals surface area contributed by atoms with Gasteiger partial charge in [-0.2, -0.15) is 0 Å². The molecular weight excluding hydrogens is 242 g/mol. The molecule has 4 saturated carbocycles. The highest BCUT2D eigenvalue weighted by molar-refractivity contribution is 5.83. The Morgan fingerprint density at radius 2 is 1.58 bits per heavy atom. The van der Waals surface area contributed by atoms with Crippen LogP contribution >= 0.6 is 0 Å². The van der Waals surface area contributed by atoms with Crippen LogP contribution in [-0.4, -0.2) is 18.4 Å².